The maximum atomic E-state index is 12.0. The molecule has 0 saturated heterocycles. The van der Waals surface area contributed by atoms with Crippen molar-refractivity contribution in [2.75, 3.05) is 26.4 Å². The number of aromatic hydroxyl groups is 4. The molecule has 0 spiro atoms. The van der Waals surface area contributed by atoms with Crippen LogP contribution in [0.25, 0.3) is 0 Å². The van der Waals surface area contributed by atoms with E-state index in [-0.39, 0.29) is 142 Å². The molecule has 4 aromatic rings. The van der Waals surface area contributed by atoms with Crippen molar-refractivity contribution in [2.45, 2.75) is 25.7 Å². The Kier molecular flexibility index (Phi) is 21.3. The van der Waals surface area contributed by atoms with E-state index in [9.17, 15) is 39.6 Å². The van der Waals surface area contributed by atoms with Crippen LogP contribution in [-0.2, 0) is 62.8 Å². The van der Waals surface area contributed by atoms with E-state index in [4.69, 9.17) is 41.7 Å². The van der Waals surface area contributed by atoms with E-state index < -0.39 is 11.4 Å². The van der Waals surface area contributed by atoms with Crippen LogP contribution in [-0.4, -0.2) is 70.0 Å². The molecule has 0 aliphatic heterocycles. The molecule has 12 nitrogen and oxygen atoms in total. The Hall–Kier alpha value is -2.71. The summed E-state index contributed by atoms with van der Waals surface area (Å²) in [5.74, 6) is -1.51. The SMILES string of the molecule is O=C(CCOP(=S)(S)OCCC(=O)c1ccccc1O)c1ccccc1O.O=C(CCOP(=S)(S)OCCC(=O)c1ccccc1O)c1ccccc1O.[Pt+2]. The maximum Gasteiger partial charge on any atom is 2.00 e. The molecule has 55 heavy (non-hydrogen) atoms. The molecule has 0 aliphatic rings. The van der Waals surface area contributed by atoms with Crippen LogP contribution in [0.3, 0.4) is 0 Å². The first-order valence-electron chi connectivity index (χ1n) is 16.1. The van der Waals surface area contributed by atoms with E-state index in [2.05, 4.69) is 24.5 Å². The average Bonchev–Trinajstić information content (AvgIpc) is 3.12. The van der Waals surface area contributed by atoms with Gasteiger partial charge in [0.2, 0.25) is 11.4 Å². The van der Waals surface area contributed by atoms with Crippen molar-refractivity contribution in [3.63, 3.8) is 0 Å². The Morgan fingerprint density at radius 2 is 0.618 bits per heavy atom. The molecular formula is C36H38O12P2PtS4+2. The predicted molar refractivity (Wildman–Crippen MR) is 219 cm³/mol. The quantitative estimate of drug-likeness (QED) is 0.0282. The van der Waals surface area contributed by atoms with Crippen LogP contribution in [0.4, 0.5) is 0 Å². The van der Waals surface area contributed by atoms with Gasteiger partial charge >= 0.3 is 21.1 Å². The topological polar surface area (TPSA) is 186 Å². The van der Waals surface area contributed by atoms with Gasteiger partial charge in [-0.25, -0.2) is 0 Å². The van der Waals surface area contributed by atoms with Crippen molar-refractivity contribution in [1.29, 1.82) is 0 Å². The van der Waals surface area contributed by atoms with E-state index in [1.54, 1.807) is 48.5 Å². The summed E-state index contributed by atoms with van der Waals surface area (Å²) < 4.78 is 21.5. The molecule has 0 aromatic heterocycles. The number of carbonyl (C=O) groups excluding carboxylic acids is 4. The number of para-hydroxylation sites is 4. The fraction of sp³-hybridized carbons (Fsp3) is 0.222. The van der Waals surface area contributed by atoms with Crippen LogP contribution in [0.5, 0.6) is 23.0 Å². The summed E-state index contributed by atoms with van der Waals surface area (Å²) in [7, 11) is 0. The van der Waals surface area contributed by atoms with Crippen LogP contribution >= 0.6 is 35.9 Å². The summed E-state index contributed by atoms with van der Waals surface area (Å²) in [5, 5.41) is 38.6. The fourth-order valence-electron chi connectivity index (χ4n) is 4.47. The molecule has 0 aliphatic carbocycles. The number of ketones is 4. The second kappa shape index (κ2) is 24.1. The van der Waals surface area contributed by atoms with Crippen LogP contribution < -0.4 is 0 Å². The molecule has 0 saturated carbocycles. The number of hydrogen-bond donors (Lipinski definition) is 6. The van der Waals surface area contributed by atoms with Gasteiger partial charge in [0.15, 0.2) is 23.1 Å². The van der Waals surface area contributed by atoms with Gasteiger partial charge in [-0.2, -0.15) is 0 Å². The largest absolute Gasteiger partial charge is 2.00 e. The van der Waals surface area contributed by atoms with E-state index in [1.807, 2.05) is 0 Å². The van der Waals surface area contributed by atoms with Gasteiger partial charge in [0.1, 0.15) is 23.0 Å². The van der Waals surface area contributed by atoms with E-state index in [0.717, 1.165) is 0 Å². The predicted octanol–water partition coefficient (Wildman–Crippen LogP) is 8.26. The summed E-state index contributed by atoms with van der Waals surface area (Å²) in [4.78, 5) is 48.2. The Morgan fingerprint density at radius 3 is 0.800 bits per heavy atom. The summed E-state index contributed by atoms with van der Waals surface area (Å²) >= 11 is 18.6. The van der Waals surface area contributed by atoms with Gasteiger partial charge in [0.05, 0.1) is 48.7 Å². The number of phenols is 4. The molecule has 0 fully saturated rings. The number of rotatable bonds is 20. The second-order valence-electron chi connectivity index (χ2n) is 11.0. The van der Waals surface area contributed by atoms with Gasteiger partial charge in [-0.3, -0.25) is 19.2 Å². The minimum absolute atomic E-state index is 0. The number of carbonyl (C=O) groups is 4. The Morgan fingerprint density at radius 1 is 0.436 bits per heavy atom. The minimum atomic E-state index is -2.91. The molecule has 296 valence electrons. The first-order valence-corrected chi connectivity index (χ1v) is 23.7. The number of phenolic OH excluding ortho intramolecular Hbond substituents is 4. The number of thiol groups is 2. The Labute approximate surface area is 353 Å². The summed E-state index contributed by atoms with van der Waals surface area (Å²) in [6.45, 7) is -0.0501. The molecule has 4 aromatic carbocycles. The van der Waals surface area contributed by atoms with E-state index in [0.29, 0.717) is 0 Å². The van der Waals surface area contributed by atoms with E-state index >= 15 is 0 Å². The molecule has 0 atom stereocenters. The zero-order valence-electron chi connectivity index (χ0n) is 28.9. The molecule has 0 radical (unpaired) electrons. The van der Waals surface area contributed by atoms with Crippen molar-refractivity contribution < 1.29 is 78.8 Å². The average molecular weight is 1050 g/mol. The molecule has 4 N–H and O–H groups in total. The maximum absolute atomic E-state index is 12.0. The normalized spacial score (nSPS) is 11.1. The van der Waals surface area contributed by atoms with Crippen molar-refractivity contribution in [3.05, 3.63) is 119 Å². The van der Waals surface area contributed by atoms with Crippen LogP contribution in [0, 0.1) is 0 Å². The third-order valence-corrected chi connectivity index (χ3v) is 11.8. The number of Topliss-reactive ketones (excluding diaryl/α,β-unsaturated/α-hetero) is 4. The second-order valence-corrected chi connectivity index (χ2v) is 21.6. The summed E-state index contributed by atoms with van der Waals surface area (Å²) in [6.07, 6.45) is 0.0425. The Bertz CT molecular complexity index is 1760. The van der Waals surface area contributed by atoms with Crippen molar-refractivity contribution in [1.82, 2.24) is 0 Å². The zero-order chi connectivity index (χ0) is 39.7. The zero-order valence-corrected chi connectivity index (χ0v) is 36.4. The monoisotopic (exact) mass is 1050 g/mol. The van der Waals surface area contributed by atoms with Gasteiger partial charge in [0.25, 0.3) is 0 Å². The molecule has 0 bridgehead atoms. The van der Waals surface area contributed by atoms with Gasteiger partial charge < -0.3 is 38.5 Å². The number of benzene rings is 4. The minimum Gasteiger partial charge on any atom is -0.507 e. The van der Waals surface area contributed by atoms with Crippen LogP contribution in [0.1, 0.15) is 67.1 Å². The van der Waals surface area contributed by atoms with Crippen molar-refractivity contribution in [2.24, 2.45) is 0 Å². The smallest absolute Gasteiger partial charge is 0.507 e. The third kappa shape index (κ3) is 17.1. The van der Waals surface area contributed by atoms with Gasteiger partial charge in [-0.15, -0.1) is 0 Å². The Balaban J connectivity index is 0.000000373. The third-order valence-electron chi connectivity index (χ3n) is 7.15. The summed E-state index contributed by atoms with van der Waals surface area (Å²) in [6, 6.07) is 24.9. The molecule has 19 heteroatoms. The van der Waals surface area contributed by atoms with E-state index in [1.165, 1.54) is 48.5 Å². The fourth-order valence-corrected chi connectivity index (χ4v) is 7.78. The molecular weight excluding hydrogens is 1010 g/mol. The standard InChI is InChI=1S/2C18H19O6PS2.Pt/c2*19-15-7-3-1-5-13(15)17(21)9-11-23-25(26,27)24-12-10-18(22)14-6-2-4-8-16(14)20;/h2*1-8,19-20H,9-12H2,(H,26,27);/q;;+2. The van der Waals surface area contributed by atoms with Crippen molar-refractivity contribution >= 4 is 82.6 Å². The van der Waals surface area contributed by atoms with Gasteiger partial charge in [-0.1, -0.05) is 73.0 Å². The van der Waals surface area contributed by atoms with Crippen LogP contribution in [0.15, 0.2) is 97.1 Å². The summed E-state index contributed by atoms with van der Waals surface area (Å²) in [5.41, 5.74) is -4.98. The first kappa shape index (κ1) is 48.4. The van der Waals surface area contributed by atoms with Crippen LogP contribution in [0.2, 0.25) is 0 Å². The van der Waals surface area contributed by atoms with Crippen molar-refractivity contribution in [3.8, 4) is 23.0 Å². The molecule has 0 heterocycles. The van der Waals surface area contributed by atoms with Gasteiger partial charge in [-0.05, 0) is 72.1 Å². The first-order chi connectivity index (χ1) is 25.6. The van der Waals surface area contributed by atoms with Gasteiger partial charge in [0, 0.05) is 25.7 Å². The number of hydrogen-bond acceptors (Lipinski definition) is 14. The molecule has 4 rings (SSSR count). The molecule has 0 unspecified atom stereocenters. The molecule has 0 amide bonds.